The lowest BCUT2D eigenvalue weighted by Crippen LogP contribution is -1.75. The van der Waals surface area contributed by atoms with Gasteiger partial charge >= 0.3 is 0 Å². The predicted octanol–water partition coefficient (Wildman–Crippen LogP) is 1.44. The van der Waals surface area contributed by atoms with E-state index in [0.717, 1.165) is 5.56 Å². The van der Waals surface area contributed by atoms with Crippen LogP contribution in [0.4, 0.5) is 0 Å². The zero-order valence-corrected chi connectivity index (χ0v) is 6.14. The summed E-state index contributed by atoms with van der Waals surface area (Å²) in [6, 6.07) is 6.75. The third-order valence-corrected chi connectivity index (χ3v) is 1.50. The van der Waals surface area contributed by atoms with Gasteiger partial charge < -0.3 is 5.11 Å². The first kappa shape index (κ1) is 6.84. The molecule has 0 radical (unpaired) electrons. The van der Waals surface area contributed by atoms with Crippen molar-refractivity contribution in [3.05, 3.63) is 30.5 Å². The molecule has 0 aliphatic carbocycles. The molecule has 1 N–H and O–H groups in total. The van der Waals surface area contributed by atoms with Crippen LogP contribution in [0.3, 0.4) is 0 Å². The fraction of sp³-hybridized carbons (Fsp3) is 0. The monoisotopic (exact) mass is 162 g/mol. The summed E-state index contributed by atoms with van der Waals surface area (Å²) in [5, 5.41) is 16.2. The number of hydrogen-bond donors (Lipinski definition) is 1. The molecule has 1 aromatic carbocycles. The van der Waals surface area contributed by atoms with Crippen LogP contribution in [0.25, 0.3) is 11.3 Å². The molecule has 0 bridgehead atoms. The highest BCUT2D eigenvalue weighted by Gasteiger charge is 2.01. The van der Waals surface area contributed by atoms with Gasteiger partial charge in [-0.05, 0) is 17.3 Å². The average molecular weight is 162 g/mol. The molecule has 0 amide bonds. The molecule has 60 valence electrons. The summed E-state index contributed by atoms with van der Waals surface area (Å²) >= 11 is 0. The molecule has 4 nitrogen and oxygen atoms in total. The normalized spacial score (nSPS) is 10.0. The van der Waals surface area contributed by atoms with Gasteiger partial charge in [-0.25, -0.2) is 4.63 Å². The molecule has 0 atom stereocenters. The van der Waals surface area contributed by atoms with Crippen molar-refractivity contribution in [2.45, 2.75) is 0 Å². The molecular weight excluding hydrogens is 156 g/mol. The minimum absolute atomic E-state index is 0.204. The second-order valence-corrected chi connectivity index (χ2v) is 2.34. The van der Waals surface area contributed by atoms with E-state index in [1.807, 2.05) is 6.07 Å². The van der Waals surface area contributed by atoms with E-state index in [1.165, 1.54) is 6.20 Å². The van der Waals surface area contributed by atoms with E-state index < -0.39 is 0 Å². The molecule has 0 saturated heterocycles. The van der Waals surface area contributed by atoms with Crippen LogP contribution in [0.1, 0.15) is 0 Å². The lowest BCUT2D eigenvalue weighted by molar-refractivity contribution is 0.308. The van der Waals surface area contributed by atoms with Gasteiger partial charge in [0.2, 0.25) is 0 Å². The lowest BCUT2D eigenvalue weighted by Gasteiger charge is -1.94. The van der Waals surface area contributed by atoms with Crippen LogP contribution in [0.2, 0.25) is 0 Å². The fourth-order valence-electron chi connectivity index (χ4n) is 0.957. The summed E-state index contributed by atoms with van der Waals surface area (Å²) < 4.78 is 4.43. The van der Waals surface area contributed by atoms with Gasteiger partial charge in [-0.1, -0.05) is 17.3 Å². The first-order chi connectivity index (χ1) is 5.86. The molecule has 0 saturated carbocycles. The van der Waals surface area contributed by atoms with Crippen molar-refractivity contribution in [1.82, 2.24) is 10.3 Å². The SMILES string of the molecule is Oc1cccc(-c2cnon2)c1. The molecule has 2 aromatic rings. The smallest absolute Gasteiger partial charge is 0.135 e. The maximum absolute atomic E-state index is 9.13. The van der Waals surface area contributed by atoms with Crippen LogP contribution in [0.15, 0.2) is 35.1 Å². The molecule has 2 rings (SSSR count). The van der Waals surface area contributed by atoms with Crippen molar-refractivity contribution in [1.29, 1.82) is 0 Å². The Kier molecular flexibility index (Phi) is 1.51. The Bertz CT molecular complexity index is 370. The standard InChI is InChI=1S/C8H6N2O2/c11-7-3-1-2-6(4-7)8-5-9-12-10-8/h1-5,11H. The highest BCUT2D eigenvalue weighted by molar-refractivity contribution is 5.59. The Morgan fingerprint density at radius 2 is 2.25 bits per heavy atom. The van der Waals surface area contributed by atoms with E-state index in [0.29, 0.717) is 5.69 Å². The van der Waals surface area contributed by atoms with Gasteiger partial charge in [0.1, 0.15) is 11.4 Å². The maximum atomic E-state index is 9.13. The fourth-order valence-corrected chi connectivity index (χ4v) is 0.957. The van der Waals surface area contributed by atoms with E-state index in [-0.39, 0.29) is 5.75 Å². The number of aromatic nitrogens is 2. The molecular formula is C8H6N2O2. The number of aromatic hydroxyl groups is 1. The highest BCUT2D eigenvalue weighted by atomic mass is 16.6. The quantitative estimate of drug-likeness (QED) is 0.689. The van der Waals surface area contributed by atoms with Crippen LogP contribution < -0.4 is 0 Å². The number of nitrogens with zero attached hydrogens (tertiary/aromatic N) is 2. The summed E-state index contributed by atoms with van der Waals surface area (Å²) in [5.41, 5.74) is 1.40. The Morgan fingerprint density at radius 1 is 1.33 bits per heavy atom. The Hall–Kier alpha value is -1.84. The summed E-state index contributed by atoms with van der Waals surface area (Å²) in [6.45, 7) is 0. The summed E-state index contributed by atoms with van der Waals surface area (Å²) in [6.07, 6.45) is 1.49. The number of rotatable bonds is 1. The zero-order valence-electron chi connectivity index (χ0n) is 6.14. The predicted molar refractivity (Wildman–Crippen MR) is 41.4 cm³/mol. The van der Waals surface area contributed by atoms with E-state index in [9.17, 15) is 0 Å². The van der Waals surface area contributed by atoms with Gasteiger partial charge in [-0.3, -0.25) is 0 Å². The summed E-state index contributed by atoms with van der Waals surface area (Å²) in [4.78, 5) is 0. The van der Waals surface area contributed by atoms with Crippen LogP contribution in [-0.2, 0) is 0 Å². The van der Waals surface area contributed by atoms with Crippen molar-refractivity contribution < 1.29 is 9.74 Å². The van der Waals surface area contributed by atoms with Crippen molar-refractivity contribution in [2.75, 3.05) is 0 Å². The van der Waals surface area contributed by atoms with Crippen molar-refractivity contribution in [3.8, 4) is 17.0 Å². The number of hydrogen-bond acceptors (Lipinski definition) is 4. The maximum Gasteiger partial charge on any atom is 0.135 e. The number of phenolic OH excluding ortho intramolecular Hbond substituents is 1. The molecule has 1 aromatic heterocycles. The van der Waals surface area contributed by atoms with E-state index >= 15 is 0 Å². The van der Waals surface area contributed by atoms with Crippen molar-refractivity contribution in [2.24, 2.45) is 0 Å². The van der Waals surface area contributed by atoms with Gasteiger partial charge in [-0.15, -0.1) is 0 Å². The molecule has 0 aliphatic heterocycles. The summed E-state index contributed by atoms with van der Waals surface area (Å²) in [5.74, 6) is 0.204. The van der Waals surface area contributed by atoms with Crippen LogP contribution in [-0.4, -0.2) is 15.4 Å². The van der Waals surface area contributed by atoms with Crippen molar-refractivity contribution in [3.63, 3.8) is 0 Å². The molecule has 0 aliphatic rings. The molecule has 0 spiro atoms. The first-order valence-electron chi connectivity index (χ1n) is 3.43. The third kappa shape index (κ3) is 1.14. The Balaban J connectivity index is 2.48. The third-order valence-electron chi connectivity index (χ3n) is 1.50. The van der Waals surface area contributed by atoms with Crippen LogP contribution in [0, 0.1) is 0 Å². The Morgan fingerprint density at radius 3 is 2.92 bits per heavy atom. The second-order valence-electron chi connectivity index (χ2n) is 2.34. The van der Waals surface area contributed by atoms with Crippen molar-refractivity contribution >= 4 is 0 Å². The average Bonchev–Trinajstić information content (AvgIpc) is 2.56. The minimum Gasteiger partial charge on any atom is -0.508 e. The molecule has 0 unspecified atom stereocenters. The van der Waals surface area contributed by atoms with E-state index in [1.54, 1.807) is 18.2 Å². The van der Waals surface area contributed by atoms with Crippen LogP contribution in [0.5, 0.6) is 5.75 Å². The summed E-state index contributed by atoms with van der Waals surface area (Å²) in [7, 11) is 0. The van der Waals surface area contributed by atoms with Crippen LogP contribution >= 0.6 is 0 Å². The first-order valence-corrected chi connectivity index (χ1v) is 3.43. The lowest BCUT2D eigenvalue weighted by atomic mass is 10.2. The largest absolute Gasteiger partial charge is 0.508 e. The molecule has 1 heterocycles. The van der Waals surface area contributed by atoms with Gasteiger partial charge in [-0.2, -0.15) is 0 Å². The second kappa shape index (κ2) is 2.65. The van der Waals surface area contributed by atoms with Gasteiger partial charge in [0, 0.05) is 5.56 Å². The number of phenols is 1. The zero-order chi connectivity index (χ0) is 8.39. The minimum atomic E-state index is 0.204. The van der Waals surface area contributed by atoms with E-state index in [4.69, 9.17) is 5.11 Å². The van der Waals surface area contributed by atoms with Gasteiger partial charge in [0.25, 0.3) is 0 Å². The molecule has 0 fully saturated rings. The van der Waals surface area contributed by atoms with Gasteiger partial charge in [0.15, 0.2) is 0 Å². The van der Waals surface area contributed by atoms with E-state index in [2.05, 4.69) is 14.9 Å². The highest BCUT2D eigenvalue weighted by Crippen LogP contribution is 2.19. The number of benzene rings is 1. The topological polar surface area (TPSA) is 59.2 Å². The van der Waals surface area contributed by atoms with Gasteiger partial charge in [0.05, 0.1) is 6.20 Å². The Labute approximate surface area is 68.4 Å². The molecule has 12 heavy (non-hydrogen) atoms. The molecule has 4 heteroatoms.